The molecule has 9 nitrogen and oxygen atoms in total. The van der Waals surface area contributed by atoms with Gasteiger partial charge in [0, 0.05) is 0 Å². The predicted octanol–water partition coefficient (Wildman–Crippen LogP) is -1.18. The summed E-state index contributed by atoms with van der Waals surface area (Å²) in [7, 11) is -3.32. The van der Waals surface area contributed by atoms with Gasteiger partial charge < -0.3 is 0 Å². The average molecular weight is 230 g/mol. The largest absolute Gasteiger partial charge is 0.370 e. The molecular formula is C5H3N4O5P. The average Bonchev–Trinajstić information content (AvgIpc) is 2.43. The van der Waals surface area contributed by atoms with E-state index in [0.29, 0.717) is 0 Å². The van der Waals surface area contributed by atoms with Gasteiger partial charge in [0.15, 0.2) is 5.71 Å². The number of carbonyl (C=O) groups is 3. The number of hydrogen-bond donors (Lipinski definition) is 3. The molecule has 2 rings (SSSR count). The molecular weight excluding hydrogens is 227 g/mol. The van der Waals surface area contributed by atoms with E-state index in [1.54, 1.807) is 5.32 Å². The molecule has 78 valence electrons. The molecule has 3 N–H and O–H groups in total. The number of hydrogen-bond acceptors (Lipinski definition) is 5. The summed E-state index contributed by atoms with van der Waals surface area (Å²) in [5.74, 6) is -1.02. The topological polar surface area (TPSA) is 134 Å². The van der Waals surface area contributed by atoms with Crippen LogP contribution in [0.1, 0.15) is 0 Å². The maximum atomic E-state index is 11.2. The van der Waals surface area contributed by atoms with Crippen molar-refractivity contribution in [2.45, 2.75) is 5.40 Å². The van der Waals surface area contributed by atoms with Crippen molar-refractivity contribution in [2.24, 2.45) is 4.99 Å². The van der Waals surface area contributed by atoms with E-state index in [1.807, 2.05) is 10.6 Å². The van der Waals surface area contributed by atoms with Crippen LogP contribution in [0.4, 0.5) is 9.59 Å². The molecule has 2 aliphatic rings. The van der Waals surface area contributed by atoms with E-state index in [4.69, 9.17) is 0 Å². The van der Waals surface area contributed by atoms with Crippen LogP contribution in [0.15, 0.2) is 4.99 Å². The molecule has 0 spiro atoms. The minimum atomic E-state index is -3.32. The highest BCUT2D eigenvalue weighted by atomic mass is 31.1. The second-order valence-electron chi connectivity index (χ2n) is 2.77. The highest BCUT2D eigenvalue weighted by Gasteiger charge is 2.56. The maximum Gasteiger partial charge on any atom is 0.370 e. The number of amides is 5. The number of aliphatic imine (C=N–C) groups is 1. The molecule has 5 amide bonds. The first kappa shape index (κ1) is 9.53. The molecule has 1 unspecified atom stereocenters. The van der Waals surface area contributed by atoms with Crippen molar-refractivity contribution in [1.29, 1.82) is 0 Å². The second-order valence-corrected chi connectivity index (χ2v) is 3.95. The molecule has 2 heterocycles. The molecule has 1 saturated heterocycles. The Balaban J connectivity index is 2.59. The van der Waals surface area contributed by atoms with E-state index < -0.39 is 36.8 Å². The highest BCUT2D eigenvalue weighted by molar-refractivity contribution is 7.35. The Morgan fingerprint density at radius 2 is 1.80 bits per heavy atom. The summed E-state index contributed by atoms with van der Waals surface area (Å²) in [6, 6.07) is -2.01. The lowest BCUT2D eigenvalue weighted by atomic mass is 10.2. The maximum absolute atomic E-state index is 11.2. The van der Waals surface area contributed by atoms with Gasteiger partial charge in [0.25, 0.3) is 11.3 Å². The normalized spacial score (nSPS) is 28.5. The lowest BCUT2D eigenvalue weighted by molar-refractivity contribution is -0.114. The van der Waals surface area contributed by atoms with Crippen molar-refractivity contribution in [1.82, 2.24) is 16.0 Å². The molecule has 0 aromatic heterocycles. The molecule has 15 heavy (non-hydrogen) atoms. The Morgan fingerprint density at radius 1 is 1.13 bits per heavy atom. The number of rotatable bonds is 1. The second kappa shape index (κ2) is 2.74. The van der Waals surface area contributed by atoms with Crippen molar-refractivity contribution in [3.8, 4) is 0 Å². The fourth-order valence-corrected chi connectivity index (χ4v) is 1.97. The third-order valence-electron chi connectivity index (χ3n) is 1.85. The summed E-state index contributed by atoms with van der Waals surface area (Å²) in [6.07, 6.45) is 0. The Hall–Kier alpha value is -2.02. The van der Waals surface area contributed by atoms with Gasteiger partial charge in [0.2, 0.25) is 0 Å². The number of nitrogens with one attached hydrogen (secondary N) is 3. The molecule has 1 fully saturated rings. The first-order valence-electron chi connectivity index (χ1n) is 3.65. The van der Waals surface area contributed by atoms with Crippen LogP contribution in [0.25, 0.3) is 0 Å². The Labute approximate surface area is 82.1 Å². The van der Waals surface area contributed by atoms with E-state index >= 15 is 0 Å². The first-order chi connectivity index (χ1) is 6.95. The van der Waals surface area contributed by atoms with E-state index in [9.17, 15) is 23.5 Å². The molecule has 0 radical (unpaired) electrons. The lowest BCUT2D eigenvalue weighted by Gasteiger charge is -2.27. The van der Waals surface area contributed by atoms with Gasteiger partial charge in [-0.2, -0.15) is 4.99 Å². The summed E-state index contributed by atoms with van der Waals surface area (Å²) in [5.41, 5.74) is -0.580. The van der Waals surface area contributed by atoms with Crippen LogP contribution in [0, 0.1) is 0 Å². The smallest absolute Gasteiger partial charge is 0.297 e. The van der Waals surface area contributed by atoms with Crippen LogP contribution < -0.4 is 16.0 Å². The van der Waals surface area contributed by atoms with Gasteiger partial charge in [-0.15, -0.1) is 0 Å². The monoisotopic (exact) mass is 230 g/mol. The lowest BCUT2D eigenvalue weighted by Crippen LogP contribution is -2.68. The molecule has 1 atom stereocenters. The van der Waals surface area contributed by atoms with Crippen molar-refractivity contribution < 1.29 is 23.5 Å². The van der Waals surface area contributed by atoms with E-state index in [2.05, 4.69) is 4.99 Å². The summed E-state index contributed by atoms with van der Waals surface area (Å²) < 4.78 is 21.9. The van der Waals surface area contributed by atoms with Gasteiger partial charge in [-0.3, -0.25) is 20.7 Å². The molecule has 0 aliphatic carbocycles. The first-order valence-corrected chi connectivity index (χ1v) is 4.83. The van der Waals surface area contributed by atoms with Gasteiger partial charge in [-0.25, -0.2) is 18.7 Å². The quantitative estimate of drug-likeness (QED) is 0.487. The number of urea groups is 2. The van der Waals surface area contributed by atoms with E-state index in [-0.39, 0.29) is 0 Å². The summed E-state index contributed by atoms with van der Waals surface area (Å²) in [6.45, 7) is 0. The van der Waals surface area contributed by atoms with Crippen molar-refractivity contribution >= 4 is 31.4 Å². The number of imide groups is 1. The van der Waals surface area contributed by atoms with Gasteiger partial charge in [0.1, 0.15) is 0 Å². The molecule has 2 aliphatic heterocycles. The SMILES string of the molecule is O=C1N=C2C(=O)NC(=O)NC2(P(=O)=O)N1. The zero-order valence-corrected chi connectivity index (χ0v) is 7.83. The standard InChI is InChI=1S/C5H3N4O5P/c10-2-1-5(15(13)14,8-3(11)6-1)9-4(12)7-2/h(H,8,11)(H2,7,9,10,12). The van der Waals surface area contributed by atoms with Gasteiger partial charge in [-0.1, -0.05) is 0 Å². The van der Waals surface area contributed by atoms with Gasteiger partial charge in [0.05, 0.1) is 0 Å². The van der Waals surface area contributed by atoms with Gasteiger partial charge in [-0.05, 0) is 0 Å². The molecule has 0 aromatic carbocycles. The Kier molecular flexibility index (Phi) is 1.74. The number of nitrogens with zero attached hydrogens (tertiary/aromatic N) is 1. The third kappa shape index (κ3) is 1.17. The molecule has 0 aromatic rings. The number of fused-ring (bicyclic) bond motifs is 1. The van der Waals surface area contributed by atoms with Crippen LogP contribution in [0.5, 0.6) is 0 Å². The van der Waals surface area contributed by atoms with Gasteiger partial charge >= 0.3 is 19.7 Å². The minimum Gasteiger partial charge on any atom is -0.297 e. The third-order valence-corrected chi connectivity index (χ3v) is 2.84. The Morgan fingerprint density at radius 3 is 2.40 bits per heavy atom. The van der Waals surface area contributed by atoms with Crippen LogP contribution in [-0.2, 0) is 13.9 Å². The van der Waals surface area contributed by atoms with Crippen LogP contribution in [-0.4, -0.2) is 29.1 Å². The fourth-order valence-electron chi connectivity index (χ4n) is 1.27. The van der Waals surface area contributed by atoms with Crippen molar-refractivity contribution in [2.75, 3.05) is 0 Å². The molecule has 0 bridgehead atoms. The van der Waals surface area contributed by atoms with Crippen LogP contribution in [0.3, 0.4) is 0 Å². The zero-order chi connectivity index (χ0) is 11.2. The van der Waals surface area contributed by atoms with E-state index in [0.717, 1.165) is 0 Å². The van der Waals surface area contributed by atoms with Crippen LogP contribution >= 0.6 is 7.68 Å². The number of carbonyl (C=O) groups excluding carboxylic acids is 3. The molecule has 10 heteroatoms. The van der Waals surface area contributed by atoms with Crippen LogP contribution in [0.2, 0.25) is 0 Å². The highest BCUT2D eigenvalue weighted by Crippen LogP contribution is 2.30. The fraction of sp³-hybridized carbons (Fsp3) is 0.200. The molecule has 0 saturated carbocycles. The summed E-state index contributed by atoms with van der Waals surface area (Å²) in [5, 5.41) is 3.39. The summed E-state index contributed by atoms with van der Waals surface area (Å²) >= 11 is 0. The van der Waals surface area contributed by atoms with Crippen molar-refractivity contribution in [3.05, 3.63) is 0 Å². The Bertz CT molecular complexity index is 486. The predicted molar refractivity (Wildman–Crippen MR) is 43.7 cm³/mol. The summed E-state index contributed by atoms with van der Waals surface area (Å²) in [4.78, 5) is 36.1. The van der Waals surface area contributed by atoms with Crippen molar-refractivity contribution in [3.63, 3.8) is 0 Å². The van der Waals surface area contributed by atoms with E-state index in [1.165, 1.54) is 0 Å². The minimum absolute atomic E-state index is 0.580. The zero-order valence-electron chi connectivity index (χ0n) is 6.94.